The van der Waals surface area contributed by atoms with E-state index in [2.05, 4.69) is 185 Å². The smallest absolute Gasteiger partial charge is 0.0159 e. The highest BCUT2D eigenvalue weighted by atomic mass is 14.4. The molecule has 0 aliphatic heterocycles. The van der Waals surface area contributed by atoms with Crippen LogP contribution in [0.2, 0.25) is 0 Å². The lowest BCUT2D eigenvalue weighted by Crippen LogP contribution is -2.15. The fraction of sp³-hybridized carbons (Fsp3) is 0.102. The van der Waals surface area contributed by atoms with Crippen molar-refractivity contribution in [3.05, 3.63) is 180 Å². The van der Waals surface area contributed by atoms with Crippen LogP contribution in [0.15, 0.2) is 158 Å². The topological polar surface area (TPSA) is 0 Å². The van der Waals surface area contributed by atoms with Gasteiger partial charge in [0, 0.05) is 5.41 Å². The molecule has 0 amide bonds. The summed E-state index contributed by atoms with van der Waals surface area (Å²) in [6, 6.07) is 58.7. The molecule has 0 unspecified atom stereocenters. The number of aryl methyl sites for hydroxylation is 2. The van der Waals surface area contributed by atoms with Gasteiger partial charge in [0.2, 0.25) is 0 Å². The van der Waals surface area contributed by atoms with Crippen LogP contribution in [0.4, 0.5) is 0 Å². The second kappa shape index (κ2) is 11.2. The lowest BCUT2D eigenvalue weighted by atomic mass is 9.80. The normalized spacial score (nSPS) is 13.1. The van der Waals surface area contributed by atoms with Gasteiger partial charge in [0.1, 0.15) is 0 Å². The van der Waals surface area contributed by atoms with E-state index >= 15 is 0 Å². The zero-order valence-corrected chi connectivity index (χ0v) is 28.5. The Morgan fingerprint density at radius 1 is 0.306 bits per heavy atom. The van der Waals surface area contributed by atoms with E-state index in [0.717, 1.165) is 0 Å². The summed E-state index contributed by atoms with van der Waals surface area (Å²) in [5.41, 5.74) is 18.2. The van der Waals surface area contributed by atoms with E-state index < -0.39 is 0 Å². The molecule has 8 aromatic carbocycles. The fourth-order valence-electron chi connectivity index (χ4n) is 8.14. The van der Waals surface area contributed by atoms with E-state index in [1.54, 1.807) is 0 Å². The molecule has 0 heterocycles. The van der Waals surface area contributed by atoms with Crippen LogP contribution >= 0.6 is 0 Å². The average molecular weight is 627 g/mol. The molecule has 0 N–H and O–H groups in total. The second-order valence-electron chi connectivity index (χ2n) is 14.3. The Morgan fingerprint density at radius 3 is 1.08 bits per heavy atom. The molecule has 8 aromatic rings. The van der Waals surface area contributed by atoms with Crippen molar-refractivity contribution in [1.82, 2.24) is 0 Å². The standard InChI is InChI=1S/C49H38/c1-31-25-37(39-15-13-33-9-5-7-11-35(33)27-39)17-21-43(31)41-19-23-45-46-24-20-42(30-48(46)49(3,4)47(45)29-41)44-22-18-38(26-32(44)2)40-16-14-34-10-6-8-12-36(34)28-40/h5-30H,1-4H3. The van der Waals surface area contributed by atoms with Gasteiger partial charge >= 0.3 is 0 Å². The van der Waals surface area contributed by atoms with Gasteiger partial charge < -0.3 is 0 Å². The van der Waals surface area contributed by atoms with E-state index in [1.807, 2.05) is 0 Å². The number of benzene rings is 8. The van der Waals surface area contributed by atoms with Crippen LogP contribution in [-0.2, 0) is 5.41 Å². The number of fused-ring (bicyclic) bond motifs is 5. The minimum absolute atomic E-state index is 0.103. The molecule has 0 atom stereocenters. The molecule has 1 aliphatic rings. The lowest BCUT2D eigenvalue weighted by molar-refractivity contribution is 0.661. The van der Waals surface area contributed by atoms with E-state index in [0.29, 0.717) is 0 Å². The third-order valence-corrected chi connectivity index (χ3v) is 10.9. The molecule has 0 heteroatoms. The lowest BCUT2D eigenvalue weighted by Gasteiger charge is -2.23. The summed E-state index contributed by atoms with van der Waals surface area (Å²) in [5, 5.41) is 5.11. The summed E-state index contributed by atoms with van der Waals surface area (Å²) in [7, 11) is 0. The highest BCUT2D eigenvalue weighted by Gasteiger charge is 2.36. The van der Waals surface area contributed by atoms with Gasteiger partial charge in [-0.1, -0.05) is 147 Å². The predicted octanol–water partition coefficient (Wildman–Crippen LogP) is 13.6. The summed E-state index contributed by atoms with van der Waals surface area (Å²) in [4.78, 5) is 0. The van der Waals surface area contributed by atoms with Gasteiger partial charge in [-0.3, -0.25) is 0 Å². The quantitative estimate of drug-likeness (QED) is 0.182. The number of rotatable bonds is 4. The summed E-state index contributed by atoms with van der Waals surface area (Å²) in [5.74, 6) is 0. The molecule has 0 nitrogen and oxygen atoms in total. The summed E-state index contributed by atoms with van der Waals surface area (Å²) in [6.45, 7) is 9.26. The second-order valence-corrected chi connectivity index (χ2v) is 14.3. The van der Waals surface area contributed by atoms with E-state index in [1.165, 1.54) is 99.4 Å². The zero-order chi connectivity index (χ0) is 33.3. The fourth-order valence-corrected chi connectivity index (χ4v) is 8.14. The summed E-state index contributed by atoms with van der Waals surface area (Å²) < 4.78 is 0. The van der Waals surface area contributed by atoms with Crippen molar-refractivity contribution in [3.8, 4) is 55.6 Å². The molecule has 0 saturated carbocycles. The molecular formula is C49H38. The van der Waals surface area contributed by atoms with Crippen molar-refractivity contribution in [2.45, 2.75) is 33.1 Å². The summed E-state index contributed by atoms with van der Waals surface area (Å²) in [6.07, 6.45) is 0. The third-order valence-electron chi connectivity index (χ3n) is 10.9. The maximum absolute atomic E-state index is 2.44. The van der Waals surface area contributed by atoms with Crippen LogP contribution in [0.1, 0.15) is 36.1 Å². The van der Waals surface area contributed by atoms with Crippen LogP contribution in [0.3, 0.4) is 0 Å². The molecule has 0 aromatic heterocycles. The van der Waals surface area contributed by atoms with Gasteiger partial charge in [-0.05, 0) is 138 Å². The van der Waals surface area contributed by atoms with E-state index in [9.17, 15) is 0 Å². The Kier molecular flexibility index (Phi) is 6.71. The molecule has 0 saturated heterocycles. The van der Waals surface area contributed by atoms with Crippen molar-refractivity contribution in [2.75, 3.05) is 0 Å². The largest absolute Gasteiger partial charge is 0.0616 e. The van der Waals surface area contributed by atoms with Gasteiger partial charge in [-0.25, -0.2) is 0 Å². The van der Waals surface area contributed by atoms with Crippen molar-refractivity contribution < 1.29 is 0 Å². The van der Waals surface area contributed by atoms with Crippen LogP contribution in [-0.4, -0.2) is 0 Å². The number of hydrogen-bond acceptors (Lipinski definition) is 0. The van der Waals surface area contributed by atoms with Gasteiger partial charge in [0.05, 0.1) is 0 Å². The molecule has 9 rings (SSSR count). The Labute approximate surface area is 289 Å². The predicted molar refractivity (Wildman–Crippen MR) is 210 cm³/mol. The van der Waals surface area contributed by atoms with Gasteiger partial charge in [0.25, 0.3) is 0 Å². The monoisotopic (exact) mass is 626 g/mol. The van der Waals surface area contributed by atoms with Crippen molar-refractivity contribution >= 4 is 21.5 Å². The van der Waals surface area contributed by atoms with Crippen LogP contribution in [0, 0.1) is 13.8 Å². The van der Waals surface area contributed by atoms with Crippen LogP contribution in [0.5, 0.6) is 0 Å². The van der Waals surface area contributed by atoms with Crippen molar-refractivity contribution in [1.29, 1.82) is 0 Å². The first-order valence-corrected chi connectivity index (χ1v) is 17.3. The third kappa shape index (κ3) is 4.90. The van der Waals surface area contributed by atoms with E-state index in [-0.39, 0.29) is 5.41 Å². The van der Waals surface area contributed by atoms with Crippen LogP contribution in [0.25, 0.3) is 77.2 Å². The molecule has 234 valence electrons. The van der Waals surface area contributed by atoms with Crippen LogP contribution < -0.4 is 0 Å². The van der Waals surface area contributed by atoms with E-state index in [4.69, 9.17) is 0 Å². The van der Waals surface area contributed by atoms with Gasteiger partial charge in [0.15, 0.2) is 0 Å². The molecule has 49 heavy (non-hydrogen) atoms. The SMILES string of the molecule is Cc1cc(-c2ccc3ccccc3c2)ccc1-c1ccc2c(c1)C(C)(C)c1cc(-c3ccc(-c4ccc5ccccc5c4)cc3C)ccc1-2. The molecule has 1 aliphatic carbocycles. The highest BCUT2D eigenvalue weighted by Crippen LogP contribution is 2.51. The minimum atomic E-state index is -0.103. The molecule has 0 radical (unpaired) electrons. The molecule has 0 bridgehead atoms. The van der Waals surface area contributed by atoms with Crippen molar-refractivity contribution in [3.63, 3.8) is 0 Å². The Bertz CT molecular complexity index is 2420. The molecule has 0 fully saturated rings. The van der Waals surface area contributed by atoms with Gasteiger partial charge in [-0.15, -0.1) is 0 Å². The van der Waals surface area contributed by atoms with Gasteiger partial charge in [-0.2, -0.15) is 0 Å². The zero-order valence-electron chi connectivity index (χ0n) is 28.5. The minimum Gasteiger partial charge on any atom is -0.0616 e. The first kappa shape index (κ1) is 29.4. The van der Waals surface area contributed by atoms with Crippen molar-refractivity contribution in [2.24, 2.45) is 0 Å². The first-order valence-electron chi connectivity index (χ1n) is 17.3. The highest BCUT2D eigenvalue weighted by molar-refractivity contribution is 5.90. The maximum Gasteiger partial charge on any atom is 0.0159 e. The Hall–Kier alpha value is -5.72. The molecular weight excluding hydrogens is 589 g/mol. The summed E-state index contributed by atoms with van der Waals surface area (Å²) >= 11 is 0. The first-order chi connectivity index (χ1) is 23.8. The Balaban J connectivity index is 1.03. The Morgan fingerprint density at radius 2 is 0.653 bits per heavy atom. The average Bonchev–Trinajstić information content (AvgIpc) is 3.36. The maximum atomic E-state index is 2.44. The number of hydrogen-bond donors (Lipinski definition) is 0. The molecule has 0 spiro atoms.